The molecule has 0 unspecified atom stereocenters. The number of amides is 2. The van der Waals surface area contributed by atoms with Crippen LogP contribution in [0.3, 0.4) is 0 Å². The Kier molecular flexibility index (Phi) is 7.65. The molecule has 1 atom stereocenters. The van der Waals surface area contributed by atoms with Crippen LogP contribution in [-0.2, 0) is 14.3 Å². The summed E-state index contributed by atoms with van der Waals surface area (Å²) in [5.41, 5.74) is 3.65. The van der Waals surface area contributed by atoms with Crippen LogP contribution in [0.1, 0.15) is 24.0 Å². The number of thioether (sulfide) groups is 1. The van der Waals surface area contributed by atoms with Crippen molar-refractivity contribution in [1.82, 2.24) is 4.90 Å². The fraction of sp³-hybridized carbons (Fsp3) is 0.348. The van der Waals surface area contributed by atoms with Crippen LogP contribution in [0.5, 0.6) is 0 Å². The molecule has 1 saturated heterocycles. The summed E-state index contributed by atoms with van der Waals surface area (Å²) in [7, 11) is 1.64. The van der Waals surface area contributed by atoms with Gasteiger partial charge in [-0.05, 0) is 49.6 Å². The van der Waals surface area contributed by atoms with Gasteiger partial charge in [0.05, 0.1) is 5.69 Å². The molecule has 0 aromatic heterocycles. The molecular weight excluding hydrogens is 398 g/mol. The number of methoxy groups -OCH3 is 1. The summed E-state index contributed by atoms with van der Waals surface area (Å²) >= 11 is 1.35. The van der Waals surface area contributed by atoms with Gasteiger partial charge in [-0.1, -0.05) is 42.1 Å². The number of aryl methyl sites for hydroxylation is 2. The van der Waals surface area contributed by atoms with E-state index in [0.29, 0.717) is 24.7 Å². The Morgan fingerprint density at radius 1 is 1.20 bits per heavy atom. The highest BCUT2D eigenvalue weighted by molar-refractivity contribution is 8.15. The van der Waals surface area contributed by atoms with Crippen LogP contribution in [0, 0.1) is 13.8 Å². The number of anilines is 1. The number of nitrogens with one attached hydrogen (secondary N) is 1. The number of hydrogen-bond donors (Lipinski definition) is 1. The summed E-state index contributed by atoms with van der Waals surface area (Å²) < 4.78 is 5.13. The SMILES string of the molecule is COCCCN1C(=O)[C@H](CC(=O)Nc2ccccc2C)SC1=Nc1cccc(C)c1. The van der Waals surface area contributed by atoms with E-state index >= 15 is 0 Å². The first-order valence-electron chi connectivity index (χ1n) is 9.95. The van der Waals surface area contributed by atoms with E-state index in [1.807, 2.05) is 62.4 Å². The number of hydrogen-bond acceptors (Lipinski definition) is 5. The molecule has 0 bridgehead atoms. The third kappa shape index (κ3) is 5.70. The van der Waals surface area contributed by atoms with Gasteiger partial charge in [-0.15, -0.1) is 0 Å². The van der Waals surface area contributed by atoms with Gasteiger partial charge in [0.1, 0.15) is 5.25 Å². The highest BCUT2D eigenvalue weighted by Gasteiger charge is 2.38. The van der Waals surface area contributed by atoms with Gasteiger partial charge >= 0.3 is 0 Å². The number of rotatable bonds is 8. The maximum atomic E-state index is 13.0. The zero-order chi connectivity index (χ0) is 21.5. The summed E-state index contributed by atoms with van der Waals surface area (Å²) in [6.07, 6.45) is 0.809. The summed E-state index contributed by atoms with van der Waals surface area (Å²) in [5, 5.41) is 3.06. The van der Waals surface area contributed by atoms with Crippen molar-refractivity contribution < 1.29 is 14.3 Å². The summed E-state index contributed by atoms with van der Waals surface area (Å²) in [6.45, 7) is 5.02. The molecule has 1 aliphatic rings. The summed E-state index contributed by atoms with van der Waals surface area (Å²) in [6, 6.07) is 15.4. The largest absolute Gasteiger partial charge is 0.385 e. The van der Waals surface area contributed by atoms with Crippen LogP contribution in [0.2, 0.25) is 0 Å². The summed E-state index contributed by atoms with van der Waals surface area (Å²) in [5.74, 6) is -0.258. The Labute approximate surface area is 181 Å². The third-order valence-electron chi connectivity index (χ3n) is 4.77. The molecule has 1 aliphatic heterocycles. The molecule has 2 aromatic carbocycles. The van der Waals surface area contributed by atoms with Crippen molar-refractivity contribution in [3.05, 3.63) is 59.7 Å². The minimum Gasteiger partial charge on any atom is -0.385 e. The van der Waals surface area contributed by atoms with Gasteiger partial charge in [0, 0.05) is 32.4 Å². The predicted molar refractivity (Wildman–Crippen MR) is 122 cm³/mol. The zero-order valence-electron chi connectivity index (χ0n) is 17.6. The molecular formula is C23H27N3O3S. The second-order valence-electron chi connectivity index (χ2n) is 7.24. The molecule has 3 rings (SSSR count). The zero-order valence-corrected chi connectivity index (χ0v) is 18.4. The van der Waals surface area contributed by atoms with E-state index in [9.17, 15) is 9.59 Å². The van der Waals surface area contributed by atoms with Crippen LogP contribution < -0.4 is 5.32 Å². The number of aliphatic imine (C=N–C) groups is 1. The second-order valence-corrected chi connectivity index (χ2v) is 8.41. The number of amidine groups is 1. The van der Waals surface area contributed by atoms with Crippen LogP contribution >= 0.6 is 11.8 Å². The number of carbonyl (C=O) groups excluding carboxylic acids is 2. The second kappa shape index (κ2) is 10.4. The molecule has 30 heavy (non-hydrogen) atoms. The van der Waals surface area contributed by atoms with Crippen molar-refractivity contribution in [3.8, 4) is 0 Å². The topological polar surface area (TPSA) is 71.0 Å². The monoisotopic (exact) mass is 425 g/mol. The Balaban J connectivity index is 1.74. The first-order valence-corrected chi connectivity index (χ1v) is 10.8. The average Bonchev–Trinajstić information content (AvgIpc) is 2.98. The molecule has 0 spiro atoms. The maximum Gasteiger partial charge on any atom is 0.242 e. The fourth-order valence-corrected chi connectivity index (χ4v) is 4.37. The van der Waals surface area contributed by atoms with E-state index in [4.69, 9.17) is 9.73 Å². The van der Waals surface area contributed by atoms with Gasteiger partial charge < -0.3 is 10.1 Å². The highest BCUT2D eigenvalue weighted by Crippen LogP contribution is 2.32. The van der Waals surface area contributed by atoms with Crippen LogP contribution in [0.4, 0.5) is 11.4 Å². The van der Waals surface area contributed by atoms with Gasteiger partial charge in [-0.25, -0.2) is 4.99 Å². The van der Waals surface area contributed by atoms with Gasteiger partial charge in [0.25, 0.3) is 0 Å². The van der Waals surface area contributed by atoms with Crippen molar-refractivity contribution in [1.29, 1.82) is 0 Å². The number of benzene rings is 2. The molecule has 2 aromatic rings. The van der Waals surface area contributed by atoms with E-state index < -0.39 is 5.25 Å². The van der Waals surface area contributed by atoms with E-state index in [1.165, 1.54) is 11.8 Å². The van der Waals surface area contributed by atoms with Gasteiger partial charge in [0.15, 0.2) is 5.17 Å². The minimum absolute atomic E-state index is 0.0811. The standard InChI is InChI=1S/C23H27N3O3S/c1-16-8-6-10-18(14-16)24-23-26(12-7-13-29-3)22(28)20(30-23)15-21(27)25-19-11-5-4-9-17(19)2/h4-6,8-11,14,20H,7,12-13,15H2,1-3H3,(H,25,27)/t20-/m0/s1. The molecule has 0 saturated carbocycles. The first kappa shape index (κ1) is 22.1. The molecule has 1 heterocycles. The van der Waals surface area contributed by atoms with E-state index in [1.54, 1.807) is 12.0 Å². The highest BCUT2D eigenvalue weighted by atomic mass is 32.2. The predicted octanol–water partition coefficient (Wildman–Crippen LogP) is 4.30. The Bertz CT molecular complexity index is 945. The van der Waals surface area contributed by atoms with Crippen LogP contribution in [0.15, 0.2) is 53.5 Å². The van der Waals surface area contributed by atoms with Gasteiger partial charge in [-0.3, -0.25) is 14.5 Å². The molecule has 0 radical (unpaired) electrons. The molecule has 1 N–H and O–H groups in total. The molecule has 7 heteroatoms. The number of para-hydroxylation sites is 1. The van der Waals surface area contributed by atoms with E-state index in [0.717, 1.165) is 22.5 Å². The molecule has 158 valence electrons. The van der Waals surface area contributed by atoms with Crippen LogP contribution in [-0.4, -0.2) is 47.4 Å². The average molecular weight is 426 g/mol. The Hall–Kier alpha value is -2.64. The van der Waals surface area contributed by atoms with E-state index in [-0.39, 0.29) is 18.2 Å². The summed E-state index contributed by atoms with van der Waals surface area (Å²) in [4.78, 5) is 32.0. The third-order valence-corrected chi connectivity index (χ3v) is 5.94. The lowest BCUT2D eigenvalue weighted by atomic mass is 10.2. The Morgan fingerprint density at radius 3 is 2.73 bits per heavy atom. The maximum absolute atomic E-state index is 13.0. The van der Waals surface area contributed by atoms with E-state index in [2.05, 4.69) is 5.32 Å². The normalized spacial score (nSPS) is 17.6. The first-order chi connectivity index (χ1) is 14.5. The smallest absolute Gasteiger partial charge is 0.242 e. The van der Waals surface area contributed by atoms with Crippen molar-refractivity contribution in [3.63, 3.8) is 0 Å². The van der Waals surface area contributed by atoms with Gasteiger partial charge in [-0.2, -0.15) is 0 Å². The molecule has 1 fully saturated rings. The fourth-order valence-electron chi connectivity index (χ4n) is 3.19. The lowest BCUT2D eigenvalue weighted by molar-refractivity contribution is -0.128. The molecule has 6 nitrogen and oxygen atoms in total. The van der Waals surface area contributed by atoms with Gasteiger partial charge in [0.2, 0.25) is 11.8 Å². The lowest BCUT2D eigenvalue weighted by Gasteiger charge is -2.16. The Morgan fingerprint density at radius 2 is 2.00 bits per heavy atom. The van der Waals surface area contributed by atoms with Crippen LogP contribution in [0.25, 0.3) is 0 Å². The molecule has 0 aliphatic carbocycles. The lowest BCUT2D eigenvalue weighted by Crippen LogP contribution is -2.34. The molecule has 2 amide bonds. The number of carbonyl (C=O) groups is 2. The minimum atomic E-state index is -0.486. The van der Waals surface area contributed by atoms with Crippen molar-refractivity contribution in [2.24, 2.45) is 4.99 Å². The number of nitrogens with zero attached hydrogens (tertiary/aromatic N) is 2. The van der Waals surface area contributed by atoms with Crippen molar-refractivity contribution in [2.45, 2.75) is 31.9 Å². The number of ether oxygens (including phenoxy) is 1. The van der Waals surface area contributed by atoms with Crippen molar-refractivity contribution in [2.75, 3.05) is 25.6 Å². The quantitative estimate of drug-likeness (QED) is 0.640. The van der Waals surface area contributed by atoms with Crippen molar-refractivity contribution >= 4 is 40.1 Å².